The minimum Gasteiger partial charge on any atom is -0.330 e. The number of rotatable bonds is 4. The van der Waals surface area contributed by atoms with Gasteiger partial charge in [-0.15, -0.1) is 0 Å². The molecule has 1 aliphatic heterocycles. The summed E-state index contributed by atoms with van der Waals surface area (Å²) in [6, 6.07) is 1.67. The predicted octanol–water partition coefficient (Wildman–Crippen LogP) is 0.554. The lowest BCUT2D eigenvalue weighted by atomic mass is 9.98. The number of amides is 1. The van der Waals surface area contributed by atoms with Crippen molar-refractivity contribution in [1.29, 1.82) is 0 Å². The van der Waals surface area contributed by atoms with Gasteiger partial charge < -0.3 is 5.73 Å². The summed E-state index contributed by atoms with van der Waals surface area (Å²) in [4.78, 5) is 20.0. The molecule has 1 aromatic heterocycles. The summed E-state index contributed by atoms with van der Waals surface area (Å²) in [6.07, 6.45) is 4.37. The van der Waals surface area contributed by atoms with Crippen LogP contribution in [0.15, 0.2) is 23.7 Å². The molecule has 0 aliphatic carbocycles. The molecule has 2 rings (SSSR count). The highest BCUT2D eigenvalue weighted by Gasteiger charge is 2.35. The number of carbonyl (C=O) groups excluding carboxylic acids is 1. The van der Waals surface area contributed by atoms with Crippen LogP contribution in [0.4, 0.5) is 5.82 Å². The monoisotopic (exact) mass is 233 g/mol. The zero-order chi connectivity index (χ0) is 12.3. The number of carbonyl (C=O) groups is 1. The van der Waals surface area contributed by atoms with E-state index in [0.29, 0.717) is 18.8 Å². The van der Waals surface area contributed by atoms with Crippen LogP contribution in [0.2, 0.25) is 0 Å². The van der Waals surface area contributed by atoms with Crippen molar-refractivity contribution in [3.63, 3.8) is 0 Å². The van der Waals surface area contributed by atoms with E-state index in [0.717, 1.165) is 12.1 Å². The van der Waals surface area contributed by atoms with Gasteiger partial charge in [0.1, 0.15) is 6.33 Å². The first-order valence-corrected chi connectivity index (χ1v) is 5.65. The molecule has 2 N–H and O–H groups in total. The Hall–Kier alpha value is -1.82. The van der Waals surface area contributed by atoms with Crippen LogP contribution < -0.4 is 10.7 Å². The fraction of sp³-hybridized carbons (Fsp3) is 0.455. The number of hydrogen-bond acceptors (Lipinski definition) is 5. The van der Waals surface area contributed by atoms with Crippen LogP contribution in [0.1, 0.15) is 19.8 Å². The lowest BCUT2D eigenvalue weighted by Gasteiger charge is -2.12. The molecule has 1 atom stereocenters. The second-order valence-corrected chi connectivity index (χ2v) is 3.79. The Labute approximate surface area is 99.5 Å². The van der Waals surface area contributed by atoms with Crippen LogP contribution >= 0.6 is 0 Å². The lowest BCUT2D eigenvalue weighted by molar-refractivity contribution is -0.119. The van der Waals surface area contributed by atoms with Crippen LogP contribution in [-0.4, -0.2) is 28.1 Å². The minimum atomic E-state index is -0.194. The van der Waals surface area contributed by atoms with E-state index >= 15 is 0 Å². The van der Waals surface area contributed by atoms with Crippen molar-refractivity contribution in [3.8, 4) is 0 Å². The minimum absolute atomic E-state index is 0.0500. The summed E-state index contributed by atoms with van der Waals surface area (Å²) in [6.45, 7) is 2.46. The number of nitrogens with zero attached hydrogens (tertiary/aromatic N) is 4. The van der Waals surface area contributed by atoms with Crippen molar-refractivity contribution in [3.05, 3.63) is 18.6 Å². The summed E-state index contributed by atoms with van der Waals surface area (Å²) < 4.78 is 0. The molecular formula is C11H15N5O. The highest BCUT2D eigenvalue weighted by molar-refractivity contribution is 6.15. The fourth-order valence-electron chi connectivity index (χ4n) is 1.88. The maximum Gasteiger partial charge on any atom is 0.257 e. The van der Waals surface area contributed by atoms with E-state index in [1.54, 1.807) is 12.3 Å². The molecule has 1 aromatic rings. The van der Waals surface area contributed by atoms with E-state index in [9.17, 15) is 4.79 Å². The normalized spacial score (nSPS) is 19.6. The van der Waals surface area contributed by atoms with Gasteiger partial charge in [0.2, 0.25) is 0 Å². The smallest absolute Gasteiger partial charge is 0.257 e. The molecule has 6 nitrogen and oxygen atoms in total. The Balaban J connectivity index is 2.27. The standard InChI is InChI=1S/C11H15N5O/c1-2-9-8(3-5-12)11(17)16(15-9)10-4-6-13-7-14-10/h4,6-8H,2-3,5,12H2,1H3. The second kappa shape index (κ2) is 5.01. The van der Waals surface area contributed by atoms with Crippen molar-refractivity contribution < 1.29 is 4.79 Å². The lowest BCUT2D eigenvalue weighted by Crippen LogP contribution is -2.29. The van der Waals surface area contributed by atoms with E-state index in [1.807, 2.05) is 6.92 Å². The molecule has 0 fully saturated rings. The molecule has 1 aliphatic rings. The largest absolute Gasteiger partial charge is 0.330 e. The molecule has 6 heteroatoms. The van der Waals surface area contributed by atoms with Crippen molar-refractivity contribution >= 4 is 17.4 Å². The summed E-state index contributed by atoms with van der Waals surface area (Å²) >= 11 is 0. The van der Waals surface area contributed by atoms with E-state index in [4.69, 9.17) is 5.73 Å². The molecule has 0 radical (unpaired) electrons. The van der Waals surface area contributed by atoms with Gasteiger partial charge in [-0.05, 0) is 19.4 Å². The average Bonchev–Trinajstić information content (AvgIpc) is 2.69. The molecule has 0 spiro atoms. The first kappa shape index (κ1) is 11.7. The Morgan fingerprint density at radius 2 is 2.35 bits per heavy atom. The maximum atomic E-state index is 12.2. The molecular weight excluding hydrogens is 218 g/mol. The van der Waals surface area contributed by atoms with E-state index in [1.165, 1.54) is 11.3 Å². The van der Waals surface area contributed by atoms with Gasteiger partial charge in [0.25, 0.3) is 5.91 Å². The van der Waals surface area contributed by atoms with Crippen molar-refractivity contribution in [2.24, 2.45) is 16.8 Å². The molecule has 0 saturated carbocycles. The van der Waals surface area contributed by atoms with E-state index < -0.39 is 0 Å². The van der Waals surface area contributed by atoms with Gasteiger partial charge in [-0.2, -0.15) is 10.1 Å². The Morgan fingerprint density at radius 3 is 2.94 bits per heavy atom. The average molecular weight is 233 g/mol. The molecule has 0 bridgehead atoms. The zero-order valence-electron chi connectivity index (χ0n) is 9.71. The molecule has 2 heterocycles. The van der Waals surface area contributed by atoms with Gasteiger partial charge in [-0.1, -0.05) is 6.92 Å². The Bertz CT molecular complexity index is 431. The second-order valence-electron chi connectivity index (χ2n) is 3.79. The highest BCUT2D eigenvalue weighted by atomic mass is 16.2. The third-order valence-corrected chi connectivity index (χ3v) is 2.74. The summed E-state index contributed by atoms with van der Waals surface area (Å²) in [5.74, 6) is 0.265. The fourth-order valence-corrected chi connectivity index (χ4v) is 1.88. The van der Waals surface area contributed by atoms with Crippen molar-refractivity contribution in [2.45, 2.75) is 19.8 Å². The first-order valence-electron chi connectivity index (χ1n) is 5.65. The third-order valence-electron chi connectivity index (χ3n) is 2.74. The van der Waals surface area contributed by atoms with Gasteiger partial charge in [-0.25, -0.2) is 9.97 Å². The van der Waals surface area contributed by atoms with Gasteiger partial charge in [0.05, 0.1) is 11.6 Å². The topological polar surface area (TPSA) is 84.5 Å². The molecule has 0 aromatic carbocycles. The van der Waals surface area contributed by atoms with Gasteiger partial charge in [-0.3, -0.25) is 4.79 Å². The number of anilines is 1. The number of nitrogens with two attached hydrogens (primary N) is 1. The summed E-state index contributed by atoms with van der Waals surface area (Å²) in [7, 11) is 0. The van der Waals surface area contributed by atoms with Crippen LogP contribution in [-0.2, 0) is 4.79 Å². The number of hydrogen-bond donors (Lipinski definition) is 1. The summed E-state index contributed by atoms with van der Waals surface area (Å²) in [5.41, 5.74) is 6.39. The third kappa shape index (κ3) is 2.16. The zero-order valence-corrected chi connectivity index (χ0v) is 9.71. The quantitative estimate of drug-likeness (QED) is 0.823. The van der Waals surface area contributed by atoms with Crippen LogP contribution in [0.25, 0.3) is 0 Å². The predicted molar refractivity (Wildman–Crippen MR) is 64.4 cm³/mol. The molecule has 90 valence electrons. The molecule has 17 heavy (non-hydrogen) atoms. The Morgan fingerprint density at radius 1 is 1.53 bits per heavy atom. The van der Waals surface area contributed by atoms with Gasteiger partial charge in [0, 0.05) is 12.3 Å². The van der Waals surface area contributed by atoms with Crippen molar-refractivity contribution in [2.75, 3.05) is 11.6 Å². The van der Waals surface area contributed by atoms with Gasteiger partial charge in [0.15, 0.2) is 5.82 Å². The molecule has 1 amide bonds. The van der Waals surface area contributed by atoms with Gasteiger partial charge >= 0.3 is 0 Å². The summed E-state index contributed by atoms with van der Waals surface area (Å²) in [5, 5.41) is 5.66. The first-order chi connectivity index (χ1) is 8.27. The SMILES string of the molecule is CCC1=NN(c2ccncn2)C(=O)C1CCN. The maximum absolute atomic E-state index is 12.2. The van der Waals surface area contributed by atoms with Crippen LogP contribution in [0.3, 0.4) is 0 Å². The van der Waals surface area contributed by atoms with Crippen LogP contribution in [0.5, 0.6) is 0 Å². The Kier molecular flexibility index (Phi) is 3.43. The highest BCUT2D eigenvalue weighted by Crippen LogP contribution is 2.24. The van der Waals surface area contributed by atoms with Crippen molar-refractivity contribution in [1.82, 2.24) is 9.97 Å². The number of aromatic nitrogens is 2. The van der Waals surface area contributed by atoms with E-state index in [2.05, 4.69) is 15.1 Å². The number of hydrazone groups is 1. The van der Waals surface area contributed by atoms with Crippen LogP contribution in [0, 0.1) is 5.92 Å². The molecule has 1 unspecified atom stereocenters. The molecule has 0 saturated heterocycles. The van der Waals surface area contributed by atoms with E-state index in [-0.39, 0.29) is 11.8 Å².